The molecule has 0 unspecified atom stereocenters. The number of aromatic nitrogens is 2. The van der Waals surface area contributed by atoms with Crippen molar-refractivity contribution < 1.29 is 9.53 Å². The molecule has 4 aromatic rings. The second-order valence-corrected chi connectivity index (χ2v) is 10.1. The van der Waals surface area contributed by atoms with Gasteiger partial charge in [-0.15, -0.1) is 0 Å². The lowest BCUT2D eigenvalue weighted by atomic mass is 10.1. The van der Waals surface area contributed by atoms with E-state index in [1.54, 1.807) is 12.5 Å². The molecule has 202 valence electrons. The normalized spacial score (nSPS) is 13.8. The second-order valence-electron chi connectivity index (χ2n) is 10.1. The first-order valence-corrected chi connectivity index (χ1v) is 13.8. The van der Waals surface area contributed by atoms with Crippen molar-refractivity contribution in [1.29, 1.82) is 0 Å². The minimum atomic E-state index is -0.160. The Hall–Kier alpha value is -4.10. The number of imidazole rings is 1. The molecule has 1 amide bonds. The predicted octanol–water partition coefficient (Wildman–Crippen LogP) is 5.46. The Kier molecular flexibility index (Phi) is 8.91. The fourth-order valence-electron chi connectivity index (χ4n) is 4.76. The predicted molar refractivity (Wildman–Crippen MR) is 156 cm³/mol. The van der Waals surface area contributed by atoms with Crippen LogP contribution in [0.1, 0.15) is 24.0 Å². The lowest BCUT2D eigenvalue weighted by molar-refractivity contribution is 0.242. The third kappa shape index (κ3) is 7.48. The molecule has 7 nitrogen and oxygen atoms in total. The SMILES string of the molecule is CN1CCN(c2cccc(COc3ccc(-c4cn(C(=O)NCCCCc5ccccc5)cn4)cc3)c2)CC1. The van der Waals surface area contributed by atoms with E-state index in [0.29, 0.717) is 13.2 Å². The van der Waals surface area contributed by atoms with Gasteiger partial charge in [-0.3, -0.25) is 4.57 Å². The van der Waals surface area contributed by atoms with Crippen LogP contribution in [0.2, 0.25) is 0 Å². The highest BCUT2D eigenvalue weighted by Crippen LogP contribution is 2.23. The summed E-state index contributed by atoms with van der Waals surface area (Å²) in [6.45, 7) is 5.43. The van der Waals surface area contributed by atoms with Gasteiger partial charge in [-0.2, -0.15) is 0 Å². The van der Waals surface area contributed by atoms with Crippen LogP contribution in [0.15, 0.2) is 91.4 Å². The number of piperazine rings is 1. The van der Waals surface area contributed by atoms with Crippen molar-refractivity contribution in [2.45, 2.75) is 25.9 Å². The minimum absolute atomic E-state index is 0.160. The molecule has 1 fully saturated rings. The van der Waals surface area contributed by atoms with Gasteiger partial charge >= 0.3 is 6.03 Å². The quantitative estimate of drug-likeness (QED) is 0.280. The van der Waals surface area contributed by atoms with E-state index in [-0.39, 0.29) is 6.03 Å². The third-order valence-corrected chi connectivity index (χ3v) is 7.16. The highest BCUT2D eigenvalue weighted by Gasteiger charge is 2.14. The molecule has 39 heavy (non-hydrogen) atoms. The van der Waals surface area contributed by atoms with Crippen LogP contribution < -0.4 is 15.0 Å². The number of ether oxygens (including phenoxy) is 1. The highest BCUT2D eigenvalue weighted by molar-refractivity contribution is 5.77. The fraction of sp³-hybridized carbons (Fsp3) is 0.312. The average molecular weight is 524 g/mol. The molecule has 1 aliphatic rings. The Bertz CT molecular complexity index is 1330. The van der Waals surface area contributed by atoms with E-state index in [4.69, 9.17) is 4.74 Å². The molecule has 0 bridgehead atoms. The Labute approximate surface area is 231 Å². The fourth-order valence-corrected chi connectivity index (χ4v) is 4.76. The summed E-state index contributed by atoms with van der Waals surface area (Å²) < 4.78 is 7.57. The van der Waals surface area contributed by atoms with E-state index in [2.05, 4.69) is 75.7 Å². The topological polar surface area (TPSA) is 62.6 Å². The number of carbonyl (C=O) groups excluding carboxylic acids is 1. The molecule has 0 spiro atoms. The number of nitrogens with one attached hydrogen (secondary N) is 1. The molecule has 5 rings (SSSR count). The monoisotopic (exact) mass is 523 g/mol. The summed E-state index contributed by atoms with van der Waals surface area (Å²) in [7, 11) is 2.17. The Morgan fingerprint density at radius 1 is 0.897 bits per heavy atom. The molecular weight excluding hydrogens is 486 g/mol. The van der Waals surface area contributed by atoms with E-state index in [9.17, 15) is 4.79 Å². The van der Waals surface area contributed by atoms with Crippen LogP contribution >= 0.6 is 0 Å². The van der Waals surface area contributed by atoms with Gasteiger partial charge in [0.15, 0.2) is 0 Å². The van der Waals surface area contributed by atoms with Crippen molar-refractivity contribution in [2.75, 3.05) is 44.7 Å². The molecule has 3 aromatic carbocycles. The maximum atomic E-state index is 12.5. The lowest BCUT2D eigenvalue weighted by Gasteiger charge is -2.34. The summed E-state index contributed by atoms with van der Waals surface area (Å²) in [6.07, 6.45) is 6.32. The Morgan fingerprint density at radius 2 is 1.67 bits per heavy atom. The van der Waals surface area contributed by atoms with Gasteiger partial charge in [-0.25, -0.2) is 9.78 Å². The number of hydrogen-bond donors (Lipinski definition) is 1. The summed E-state index contributed by atoms with van der Waals surface area (Å²) in [5.74, 6) is 0.802. The van der Waals surface area contributed by atoms with Crippen LogP contribution in [0.4, 0.5) is 10.5 Å². The van der Waals surface area contributed by atoms with Gasteiger partial charge in [-0.05, 0) is 73.8 Å². The van der Waals surface area contributed by atoms with Crippen LogP contribution in [0.5, 0.6) is 5.75 Å². The van der Waals surface area contributed by atoms with Crippen molar-refractivity contribution in [3.8, 4) is 17.0 Å². The first-order valence-electron chi connectivity index (χ1n) is 13.8. The number of benzene rings is 3. The number of unbranched alkanes of at least 4 members (excludes halogenated alkanes) is 1. The molecule has 1 N–H and O–H groups in total. The maximum Gasteiger partial charge on any atom is 0.326 e. The molecule has 2 heterocycles. The van der Waals surface area contributed by atoms with Gasteiger partial charge in [0, 0.05) is 50.2 Å². The summed E-state index contributed by atoms with van der Waals surface area (Å²) in [5, 5.41) is 2.98. The van der Waals surface area contributed by atoms with Crippen molar-refractivity contribution in [1.82, 2.24) is 19.8 Å². The van der Waals surface area contributed by atoms with Crippen LogP contribution in [0.25, 0.3) is 11.3 Å². The number of amides is 1. The van der Waals surface area contributed by atoms with Gasteiger partial charge in [-0.1, -0.05) is 42.5 Å². The first kappa shape index (κ1) is 26.5. The Morgan fingerprint density at radius 3 is 2.46 bits per heavy atom. The molecule has 1 saturated heterocycles. The zero-order valence-corrected chi connectivity index (χ0v) is 22.6. The van der Waals surface area contributed by atoms with Crippen LogP contribution in [0, 0.1) is 0 Å². The van der Waals surface area contributed by atoms with E-state index < -0.39 is 0 Å². The largest absolute Gasteiger partial charge is 0.489 e. The second kappa shape index (κ2) is 13.1. The van der Waals surface area contributed by atoms with E-state index in [1.165, 1.54) is 15.8 Å². The first-order chi connectivity index (χ1) is 19.1. The zero-order chi connectivity index (χ0) is 26.9. The summed E-state index contributed by atoms with van der Waals surface area (Å²) in [5.41, 5.74) is 5.43. The van der Waals surface area contributed by atoms with Gasteiger partial charge in [0.2, 0.25) is 0 Å². The lowest BCUT2D eigenvalue weighted by Crippen LogP contribution is -2.44. The van der Waals surface area contributed by atoms with Crippen LogP contribution in [-0.4, -0.2) is 60.3 Å². The number of aryl methyl sites for hydroxylation is 1. The van der Waals surface area contributed by atoms with Crippen molar-refractivity contribution in [3.05, 3.63) is 103 Å². The van der Waals surface area contributed by atoms with Crippen molar-refractivity contribution in [3.63, 3.8) is 0 Å². The van der Waals surface area contributed by atoms with Crippen LogP contribution in [-0.2, 0) is 13.0 Å². The molecule has 0 radical (unpaired) electrons. The Balaban J connectivity index is 1.08. The molecule has 7 heteroatoms. The number of carbonyl (C=O) groups is 1. The smallest absolute Gasteiger partial charge is 0.326 e. The number of anilines is 1. The zero-order valence-electron chi connectivity index (χ0n) is 22.6. The molecule has 1 aromatic heterocycles. The van der Waals surface area contributed by atoms with Crippen LogP contribution in [0.3, 0.4) is 0 Å². The number of nitrogens with zero attached hydrogens (tertiary/aromatic N) is 4. The number of hydrogen-bond acceptors (Lipinski definition) is 5. The number of rotatable bonds is 10. The van der Waals surface area contributed by atoms with Gasteiger partial charge in [0.1, 0.15) is 18.7 Å². The van der Waals surface area contributed by atoms with Gasteiger partial charge in [0.25, 0.3) is 0 Å². The molecule has 0 aliphatic carbocycles. The van der Waals surface area contributed by atoms with Gasteiger partial charge in [0.05, 0.1) is 5.69 Å². The number of likely N-dealkylation sites (N-methyl/N-ethyl adjacent to an activating group) is 1. The third-order valence-electron chi connectivity index (χ3n) is 7.16. The standard InChI is InChI=1S/C32H37N5O2/c1-35-18-20-36(21-19-35)29-12-7-11-27(22-29)24-39-30-15-13-28(14-16-30)31-23-37(25-34-31)32(38)33-17-6-5-10-26-8-3-2-4-9-26/h2-4,7-9,11-16,22-23,25H,5-6,10,17-21,24H2,1H3,(H,33,38). The molecule has 0 atom stereocenters. The molecule has 0 saturated carbocycles. The maximum absolute atomic E-state index is 12.5. The summed E-state index contributed by atoms with van der Waals surface area (Å²) in [6, 6.07) is 26.7. The average Bonchev–Trinajstić information content (AvgIpc) is 3.48. The van der Waals surface area contributed by atoms with E-state index in [0.717, 1.165) is 68.0 Å². The van der Waals surface area contributed by atoms with E-state index in [1.807, 2.05) is 30.3 Å². The minimum Gasteiger partial charge on any atom is -0.489 e. The van der Waals surface area contributed by atoms with Crippen molar-refractivity contribution in [2.24, 2.45) is 0 Å². The molecule has 1 aliphatic heterocycles. The summed E-state index contributed by atoms with van der Waals surface area (Å²) in [4.78, 5) is 21.7. The highest BCUT2D eigenvalue weighted by atomic mass is 16.5. The van der Waals surface area contributed by atoms with Gasteiger partial charge < -0.3 is 19.9 Å². The summed E-state index contributed by atoms with van der Waals surface area (Å²) >= 11 is 0. The molecular formula is C32H37N5O2. The van der Waals surface area contributed by atoms with Crippen molar-refractivity contribution >= 4 is 11.7 Å². The van der Waals surface area contributed by atoms with E-state index >= 15 is 0 Å².